The molecule has 100 valence electrons. The molecule has 7 nitrogen and oxygen atoms in total. The van der Waals surface area contributed by atoms with E-state index in [1.807, 2.05) is 6.92 Å². The molecule has 0 amide bonds. The standard InChI is InChI=1S/C11H10FN3O4/c1-2-10-13-11(19-14-10)6-18-7-3-4-9(15(16)17)8(12)5-7/h3-5H,2,6H2,1H3. The predicted octanol–water partition coefficient (Wildman–Crippen LogP) is 2.26. The largest absolute Gasteiger partial charge is 0.484 e. The molecule has 0 saturated heterocycles. The Balaban J connectivity index is 2.03. The zero-order valence-electron chi connectivity index (χ0n) is 10.00. The van der Waals surface area contributed by atoms with Crippen LogP contribution in [0.3, 0.4) is 0 Å². The number of nitro benzene ring substituents is 1. The summed E-state index contributed by atoms with van der Waals surface area (Å²) in [4.78, 5) is 13.6. The summed E-state index contributed by atoms with van der Waals surface area (Å²) in [6.07, 6.45) is 0.635. The number of hydrogen-bond acceptors (Lipinski definition) is 6. The first-order valence-corrected chi connectivity index (χ1v) is 5.48. The number of benzene rings is 1. The lowest BCUT2D eigenvalue weighted by molar-refractivity contribution is -0.387. The van der Waals surface area contributed by atoms with Crippen LogP contribution in [-0.4, -0.2) is 15.1 Å². The number of hydrogen-bond donors (Lipinski definition) is 0. The molecule has 1 heterocycles. The van der Waals surface area contributed by atoms with Crippen LogP contribution in [0.5, 0.6) is 5.75 Å². The van der Waals surface area contributed by atoms with E-state index in [1.54, 1.807) is 0 Å². The summed E-state index contributed by atoms with van der Waals surface area (Å²) < 4.78 is 23.4. The maximum absolute atomic E-state index is 13.3. The minimum atomic E-state index is -0.956. The van der Waals surface area contributed by atoms with Crippen LogP contribution in [0, 0.1) is 15.9 Å². The van der Waals surface area contributed by atoms with E-state index in [2.05, 4.69) is 10.1 Å². The van der Waals surface area contributed by atoms with Gasteiger partial charge in [-0.2, -0.15) is 9.37 Å². The van der Waals surface area contributed by atoms with Crippen molar-refractivity contribution in [3.05, 3.63) is 45.8 Å². The van der Waals surface area contributed by atoms with Gasteiger partial charge in [-0.05, 0) is 6.07 Å². The van der Waals surface area contributed by atoms with E-state index in [1.165, 1.54) is 6.07 Å². The molecular formula is C11H10FN3O4. The van der Waals surface area contributed by atoms with Crippen LogP contribution in [0.15, 0.2) is 22.7 Å². The first-order valence-electron chi connectivity index (χ1n) is 5.48. The van der Waals surface area contributed by atoms with Crippen LogP contribution in [-0.2, 0) is 13.0 Å². The molecule has 0 aliphatic carbocycles. The second kappa shape index (κ2) is 5.42. The van der Waals surface area contributed by atoms with Gasteiger partial charge in [-0.3, -0.25) is 10.1 Å². The lowest BCUT2D eigenvalue weighted by atomic mass is 10.3. The SMILES string of the molecule is CCc1noc(COc2ccc([N+](=O)[O-])c(F)c2)n1. The monoisotopic (exact) mass is 267 g/mol. The van der Waals surface area contributed by atoms with Crippen molar-refractivity contribution in [1.29, 1.82) is 0 Å². The van der Waals surface area contributed by atoms with Crippen molar-refractivity contribution >= 4 is 5.69 Å². The summed E-state index contributed by atoms with van der Waals surface area (Å²) in [6, 6.07) is 3.28. The second-order valence-electron chi connectivity index (χ2n) is 3.62. The van der Waals surface area contributed by atoms with Gasteiger partial charge in [0, 0.05) is 18.6 Å². The average Bonchev–Trinajstić information content (AvgIpc) is 2.84. The second-order valence-corrected chi connectivity index (χ2v) is 3.62. The number of nitrogens with zero attached hydrogens (tertiary/aromatic N) is 3. The van der Waals surface area contributed by atoms with Gasteiger partial charge in [0.25, 0.3) is 5.89 Å². The van der Waals surface area contributed by atoms with Crippen LogP contribution >= 0.6 is 0 Å². The Morgan fingerprint density at radius 1 is 1.53 bits per heavy atom. The molecular weight excluding hydrogens is 257 g/mol. The molecule has 0 fully saturated rings. The number of rotatable bonds is 5. The molecule has 0 spiro atoms. The normalized spacial score (nSPS) is 10.4. The molecule has 2 rings (SSSR count). The summed E-state index contributed by atoms with van der Waals surface area (Å²) in [5, 5.41) is 14.1. The fourth-order valence-corrected chi connectivity index (χ4v) is 1.36. The molecule has 0 bridgehead atoms. The van der Waals surface area contributed by atoms with Crippen molar-refractivity contribution in [3.63, 3.8) is 0 Å². The molecule has 1 aromatic heterocycles. The fourth-order valence-electron chi connectivity index (χ4n) is 1.36. The van der Waals surface area contributed by atoms with E-state index < -0.39 is 16.4 Å². The quantitative estimate of drug-likeness (QED) is 0.609. The Hall–Kier alpha value is -2.51. The van der Waals surface area contributed by atoms with Gasteiger partial charge in [-0.25, -0.2) is 0 Å². The number of aromatic nitrogens is 2. The van der Waals surface area contributed by atoms with E-state index in [0.29, 0.717) is 12.2 Å². The van der Waals surface area contributed by atoms with Gasteiger partial charge in [0.1, 0.15) is 5.75 Å². The predicted molar refractivity (Wildman–Crippen MR) is 61.1 cm³/mol. The van der Waals surface area contributed by atoms with Gasteiger partial charge in [0.05, 0.1) is 4.92 Å². The summed E-state index contributed by atoms with van der Waals surface area (Å²) in [5.74, 6) is 0.00529. The van der Waals surface area contributed by atoms with E-state index >= 15 is 0 Å². The van der Waals surface area contributed by atoms with E-state index in [9.17, 15) is 14.5 Å². The fraction of sp³-hybridized carbons (Fsp3) is 0.273. The minimum Gasteiger partial charge on any atom is -0.484 e. The molecule has 8 heteroatoms. The maximum atomic E-state index is 13.3. The van der Waals surface area contributed by atoms with E-state index in [4.69, 9.17) is 9.26 Å². The first-order chi connectivity index (χ1) is 9.10. The Morgan fingerprint density at radius 2 is 2.32 bits per heavy atom. The average molecular weight is 267 g/mol. The van der Waals surface area contributed by atoms with Crippen LogP contribution in [0.2, 0.25) is 0 Å². The highest BCUT2D eigenvalue weighted by Gasteiger charge is 2.14. The smallest absolute Gasteiger partial charge is 0.305 e. The van der Waals surface area contributed by atoms with Gasteiger partial charge < -0.3 is 9.26 Å². The highest BCUT2D eigenvalue weighted by molar-refractivity contribution is 5.37. The third-order valence-corrected chi connectivity index (χ3v) is 2.30. The van der Waals surface area contributed by atoms with E-state index in [0.717, 1.165) is 12.1 Å². The molecule has 0 radical (unpaired) electrons. The summed E-state index contributed by atoms with van der Waals surface area (Å²) in [5.41, 5.74) is -0.599. The van der Waals surface area contributed by atoms with Crippen LogP contribution in [0.25, 0.3) is 0 Å². The summed E-state index contributed by atoms with van der Waals surface area (Å²) >= 11 is 0. The Bertz CT molecular complexity index is 599. The Kier molecular flexibility index (Phi) is 3.69. The van der Waals surface area contributed by atoms with Gasteiger partial charge in [0.2, 0.25) is 5.82 Å². The molecule has 2 aromatic rings. The molecule has 0 unspecified atom stereocenters. The molecule has 1 aromatic carbocycles. The van der Waals surface area contributed by atoms with Gasteiger partial charge in [0.15, 0.2) is 12.4 Å². The Morgan fingerprint density at radius 3 is 2.89 bits per heavy atom. The lowest BCUT2D eigenvalue weighted by Crippen LogP contribution is -1.98. The highest BCUT2D eigenvalue weighted by atomic mass is 19.1. The summed E-state index contributed by atoms with van der Waals surface area (Å²) in [7, 11) is 0. The van der Waals surface area contributed by atoms with Crippen molar-refractivity contribution in [2.45, 2.75) is 20.0 Å². The van der Waals surface area contributed by atoms with Crippen molar-refractivity contribution in [1.82, 2.24) is 10.1 Å². The van der Waals surface area contributed by atoms with Crippen LogP contribution in [0.4, 0.5) is 10.1 Å². The molecule has 19 heavy (non-hydrogen) atoms. The van der Waals surface area contributed by atoms with Gasteiger partial charge in [-0.15, -0.1) is 0 Å². The molecule has 0 aliphatic rings. The number of ether oxygens (including phenoxy) is 1. The van der Waals surface area contributed by atoms with Crippen molar-refractivity contribution in [2.75, 3.05) is 0 Å². The van der Waals surface area contributed by atoms with E-state index in [-0.39, 0.29) is 18.2 Å². The Labute approximate surface area is 107 Å². The third kappa shape index (κ3) is 3.03. The molecule has 0 saturated carbocycles. The number of nitro groups is 1. The topological polar surface area (TPSA) is 91.3 Å². The number of aryl methyl sites for hydroxylation is 1. The maximum Gasteiger partial charge on any atom is 0.305 e. The zero-order chi connectivity index (χ0) is 13.8. The van der Waals surface area contributed by atoms with Gasteiger partial charge >= 0.3 is 5.69 Å². The van der Waals surface area contributed by atoms with Crippen molar-refractivity contribution in [3.8, 4) is 5.75 Å². The van der Waals surface area contributed by atoms with Crippen molar-refractivity contribution in [2.24, 2.45) is 0 Å². The first kappa shape index (κ1) is 12.9. The van der Waals surface area contributed by atoms with Crippen LogP contribution in [0.1, 0.15) is 18.6 Å². The molecule has 0 aliphatic heterocycles. The minimum absolute atomic E-state index is 0.0236. The van der Waals surface area contributed by atoms with Gasteiger partial charge in [-0.1, -0.05) is 12.1 Å². The van der Waals surface area contributed by atoms with Crippen molar-refractivity contribution < 1.29 is 18.6 Å². The third-order valence-electron chi connectivity index (χ3n) is 2.30. The zero-order valence-corrected chi connectivity index (χ0v) is 10.00. The summed E-state index contributed by atoms with van der Waals surface area (Å²) in [6.45, 7) is 1.85. The molecule has 0 N–H and O–H groups in total. The highest BCUT2D eigenvalue weighted by Crippen LogP contribution is 2.22. The number of halogens is 1. The molecule has 0 atom stereocenters. The lowest BCUT2D eigenvalue weighted by Gasteiger charge is -2.02. The van der Waals surface area contributed by atoms with Crippen LogP contribution < -0.4 is 4.74 Å².